The summed E-state index contributed by atoms with van der Waals surface area (Å²) in [6.07, 6.45) is 4.02. The number of nitrogens with one attached hydrogen (secondary N) is 2. The van der Waals surface area contributed by atoms with Crippen LogP contribution in [0.25, 0.3) is 0 Å². The molecular weight excluding hydrogens is 332 g/mol. The number of likely N-dealkylation sites (tertiary alicyclic amines) is 1. The van der Waals surface area contributed by atoms with Gasteiger partial charge in [-0.05, 0) is 57.1 Å². The molecule has 3 N–H and O–H groups in total. The Morgan fingerprint density at radius 2 is 2.00 bits per heavy atom. The van der Waals surface area contributed by atoms with Crippen molar-refractivity contribution in [3.8, 4) is 0 Å². The Kier molecular flexibility index (Phi) is 8.19. The van der Waals surface area contributed by atoms with Crippen molar-refractivity contribution < 1.29 is 5.11 Å². The zero-order chi connectivity index (χ0) is 18.1. The predicted molar refractivity (Wildman–Crippen MR) is 107 cm³/mol. The van der Waals surface area contributed by atoms with Crippen LogP contribution in [0, 0.1) is 0 Å². The van der Waals surface area contributed by atoms with Gasteiger partial charge >= 0.3 is 0 Å². The van der Waals surface area contributed by atoms with Crippen molar-refractivity contribution in [2.45, 2.75) is 58.1 Å². The number of thiophene rings is 1. The smallest absolute Gasteiger partial charge is 0.191 e. The van der Waals surface area contributed by atoms with Gasteiger partial charge in [-0.1, -0.05) is 19.9 Å². The highest BCUT2D eigenvalue weighted by Crippen LogP contribution is 2.27. The van der Waals surface area contributed by atoms with Crippen LogP contribution in [0.3, 0.4) is 0 Å². The Bertz CT molecular complexity index is 508. The van der Waals surface area contributed by atoms with E-state index in [4.69, 9.17) is 0 Å². The van der Waals surface area contributed by atoms with Crippen molar-refractivity contribution in [1.29, 1.82) is 0 Å². The van der Waals surface area contributed by atoms with Crippen LogP contribution in [0.1, 0.15) is 57.4 Å². The van der Waals surface area contributed by atoms with E-state index in [9.17, 15) is 5.11 Å². The van der Waals surface area contributed by atoms with Crippen LogP contribution in [0.4, 0.5) is 0 Å². The molecule has 0 amide bonds. The molecule has 0 aromatic carbocycles. The minimum absolute atomic E-state index is 0.391. The molecule has 0 radical (unpaired) electrons. The van der Waals surface area contributed by atoms with Crippen molar-refractivity contribution in [1.82, 2.24) is 15.5 Å². The molecule has 1 unspecified atom stereocenters. The summed E-state index contributed by atoms with van der Waals surface area (Å²) in [5, 5.41) is 19.4. The molecule has 5 nitrogen and oxygen atoms in total. The molecule has 0 spiro atoms. The SMILES string of the molecule is CCNC(=NCC(O)(CC)CC)NCC(c1cccs1)N1CCCC1. The van der Waals surface area contributed by atoms with E-state index in [2.05, 4.69) is 45.0 Å². The van der Waals surface area contributed by atoms with E-state index in [1.165, 1.54) is 30.8 Å². The molecule has 1 atom stereocenters. The monoisotopic (exact) mass is 366 g/mol. The van der Waals surface area contributed by atoms with Crippen LogP contribution in [-0.4, -0.2) is 54.3 Å². The lowest BCUT2D eigenvalue weighted by atomic mass is 9.98. The summed E-state index contributed by atoms with van der Waals surface area (Å²) < 4.78 is 0. The second kappa shape index (κ2) is 10.1. The minimum atomic E-state index is -0.704. The third-order valence-electron chi connectivity index (χ3n) is 5.11. The first-order valence-corrected chi connectivity index (χ1v) is 10.5. The minimum Gasteiger partial charge on any atom is -0.388 e. The number of guanidine groups is 1. The Morgan fingerprint density at radius 3 is 2.56 bits per heavy atom. The van der Waals surface area contributed by atoms with Gasteiger partial charge in [-0.3, -0.25) is 9.89 Å². The predicted octanol–water partition coefficient (Wildman–Crippen LogP) is 2.99. The first kappa shape index (κ1) is 20.2. The highest BCUT2D eigenvalue weighted by atomic mass is 32.1. The van der Waals surface area contributed by atoms with Crippen LogP contribution in [0.2, 0.25) is 0 Å². The van der Waals surface area contributed by atoms with Gasteiger partial charge in [0.15, 0.2) is 5.96 Å². The standard InChI is InChI=1S/C19H34N4OS/c1-4-19(24,5-2)15-22-18(20-6-3)21-14-16(17-10-9-13-25-17)23-11-7-8-12-23/h9-10,13,16,24H,4-8,11-12,14-15H2,1-3H3,(H2,20,21,22). The van der Waals surface area contributed by atoms with Gasteiger partial charge in [-0.25, -0.2) is 0 Å². The summed E-state index contributed by atoms with van der Waals surface area (Å²) >= 11 is 1.83. The molecule has 1 aromatic heterocycles. The maximum absolute atomic E-state index is 10.5. The first-order valence-electron chi connectivity index (χ1n) is 9.64. The molecule has 1 fully saturated rings. The fourth-order valence-corrected chi connectivity index (χ4v) is 4.04. The molecule has 2 rings (SSSR count). The lowest BCUT2D eigenvalue weighted by Gasteiger charge is -2.28. The van der Waals surface area contributed by atoms with Crippen molar-refractivity contribution >= 4 is 17.3 Å². The number of hydrogen-bond acceptors (Lipinski definition) is 4. The van der Waals surface area contributed by atoms with Crippen LogP contribution in [0.15, 0.2) is 22.5 Å². The van der Waals surface area contributed by atoms with Gasteiger partial charge in [0.25, 0.3) is 0 Å². The zero-order valence-electron chi connectivity index (χ0n) is 15.9. The van der Waals surface area contributed by atoms with E-state index >= 15 is 0 Å². The van der Waals surface area contributed by atoms with Gasteiger partial charge < -0.3 is 15.7 Å². The summed E-state index contributed by atoms with van der Waals surface area (Å²) in [5.74, 6) is 0.795. The van der Waals surface area contributed by atoms with E-state index in [1.807, 2.05) is 25.2 Å². The van der Waals surface area contributed by atoms with Gasteiger partial charge in [0, 0.05) is 18.0 Å². The molecule has 25 heavy (non-hydrogen) atoms. The molecule has 2 heterocycles. The van der Waals surface area contributed by atoms with E-state index in [-0.39, 0.29) is 0 Å². The summed E-state index contributed by atoms with van der Waals surface area (Å²) in [6.45, 7) is 10.5. The van der Waals surface area contributed by atoms with Crippen LogP contribution in [-0.2, 0) is 0 Å². The lowest BCUT2D eigenvalue weighted by Crippen LogP contribution is -2.43. The third kappa shape index (κ3) is 5.97. The summed E-state index contributed by atoms with van der Waals surface area (Å²) in [6, 6.07) is 4.75. The van der Waals surface area contributed by atoms with Gasteiger partial charge in [0.2, 0.25) is 0 Å². The Balaban J connectivity index is 2.01. The maximum atomic E-state index is 10.5. The number of aliphatic hydroxyl groups is 1. The summed E-state index contributed by atoms with van der Waals surface area (Å²) in [4.78, 5) is 8.61. The zero-order valence-corrected chi connectivity index (χ0v) is 16.7. The van der Waals surface area contributed by atoms with E-state index < -0.39 is 5.60 Å². The van der Waals surface area contributed by atoms with Gasteiger partial charge in [-0.15, -0.1) is 11.3 Å². The van der Waals surface area contributed by atoms with Crippen LogP contribution < -0.4 is 10.6 Å². The van der Waals surface area contributed by atoms with E-state index in [0.717, 1.165) is 31.9 Å². The highest BCUT2D eigenvalue weighted by molar-refractivity contribution is 7.10. The van der Waals surface area contributed by atoms with Gasteiger partial charge in [0.1, 0.15) is 0 Å². The Hall–Kier alpha value is -1.11. The Morgan fingerprint density at radius 1 is 1.28 bits per heavy atom. The van der Waals surface area contributed by atoms with Crippen LogP contribution >= 0.6 is 11.3 Å². The molecule has 6 heteroatoms. The molecule has 1 aliphatic rings. The maximum Gasteiger partial charge on any atom is 0.191 e. The molecule has 0 bridgehead atoms. The Labute approximate surface area is 156 Å². The number of hydrogen-bond donors (Lipinski definition) is 3. The number of nitrogens with zero attached hydrogens (tertiary/aromatic N) is 2. The van der Waals surface area contributed by atoms with Crippen molar-refractivity contribution in [3.63, 3.8) is 0 Å². The number of aliphatic imine (C=N–C) groups is 1. The molecule has 1 aromatic rings. The topological polar surface area (TPSA) is 59.9 Å². The second-order valence-electron chi connectivity index (χ2n) is 6.78. The van der Waals surface area contributed by atoms with Gasteiger partial charge in [0.05, 0.1) is 18.2 Å². The molecule has 1 aliphatic heterocycles. The molecule has 0 saturated carbocycles. The van der Waals surface area contributed by atoms with Crippen molar-refractivity contribution in [2.24, 2.45) is 4.99 Å². The van der Waals surface area contributed by atoms with E-state index in [0.29, 0.717) is 12.6 Å². The fourth-order valence-electron chi connectivity index (χ4n) is 3.18. The largest absolute Gasteiger partial charge is 0.388 e. The summed E-state index contributed by atoms with van der Waals surface area (Å²) in [7, 11) is 0. The molecule has 142 valence electrons. The average molecular weight is 367 g/mol. The highest BCUT2D eigenvalue weighted by Gasteiger charge is 2.25. The van der Waals surface area contributed by atoms with Crippen molar-refractivity contribution in [2.75, 3.05) is 32.7 Å². The quantitative estimate of drug-likeness (QED) is 0.464. The second-order valence-corrected chi connectivity index (χ2v) is 7.76. The fraction of sp³-hybridized carbons (Fsp3) is 0.737. The summed E-state index contributed by atoms with van der Waals surface area (Å²) in [5.41, 5.74) is -0.704. The van der Waals surface area contributed by atoms with Gasteiger partial charge in [-0.2, -0.15) is 0 Å². The number of rotatable bonds is 9. The van der Waals surface area contributed by atoms with Crippen molar-refractivity contribution in [3.05, 3.63) is 22.4 Å². The molecular formula is C19H34N4OS. The molecule has 1 saturated heterocycles. The third-order valence-corrected chi connectivity index (χ3v) is 6.08. The van der Waals surface area contributed by atoms with Crippen LogP contribution in [0.5, 0.6) is 0 Å². The first-order chi connectivity index (χ1) is 12.1. The average Bonchev–Trinajstić information content (AvgIpc) is 3.34. The van der Waals surface area contributed by atoms with E-state index in [1.54, 1.807) is 0 Å². The normalized spacial score (nSPS) is 17.7. The molecule has 0 aliphatic carbocycles. The lowest BCUT2D eigenvalue weighted by molar-refractivity contribution is 0.0418.